The van der Waals surface area contributed by atoms with Crippen molar-refractivity contribution < 1.29 is 27.1 Å². The molecule has 2 fully saturated rings. The summed E-state index contributed by atoms with van der Waals surface area (Å²) in [6.07, 6.45) is -1.10. The molecule has 0 spiro atoms. The summed E-state index contributed by atoms with van der Waals surface area (Å²) in [6.45, 7) is 2.14. The molecule has 0 N–H and O–H groups in total. The second-order valence-corrected chi connectivity index (χ2v) is 7.67. The highest BCUT2D eigenvalue weighted by Crippen LogP contribution is 2.34. The van der Waals surface area contributed by atoms with E-state index in [1.54, 1.807) is 13.0 Å². The zero-order valence-electron chi connectivity index (χ0n) is 15.9. The number of benzene rings is 2. The Hall–Kier alpha value is -2.41. The number of ether oxygens (including phenoxy) is 1. The Balaban J connectivity index is 1.64. The van der Waals surface area contributed by atoms with E-state index < -0.39 is 41.7 Å². The smallest absolute Gasteiger partial charge is 0.252 e. The molecular formula is C22H21F4NO2. The van der Waals surface area contributed by atoms with Gasteiger partial charge in [-0.3, -0.25) is 4.79 Å². The van der Waals surface area contributed by atoms with Gasteiger partial charge in [-0.25, -0.2) is 17.6 Å². The number of carbonyl (C=O) groups is 1. The Bertz CT molecular complexity index is 931. The fraction of sp³-hybridized carbons (Fsp3) is 0.409. The van der Waals surface area contributed by atoms with E-state index in [-0.39, 0.29) is 35.6 Å². The van der Waals surface area contributed by atoms with Gasteiger partial charge >= 0.3 is 0 Å². The van der Waals surface area contributed by atoms with E-state index >= 15 is 4.39 Å². The van der Waals surface area contributed by atoms with Gasteiger partial charge < -0.3 is 9.64 Å². The van der Waals surface area contributed by atoms with Crippen molar-refractivity contribution in [3.63, 3.8) is 0 Å². The molecule has 4 rings (SSSR count). The minimum absolute atomic E-state index is 0.0512. The average Bonchev–Trinajstić information content (AvgIpc) is 2.93. The number of hydrogen-bond acceptors (Lipinski definition) is 2. The lowest BCUT2D eigenvalue weighted by molar-refractivity contribution is -0.157. The molecular weight excluding hydrogens is 386 g/mol. The Kier molecular flexibility index (Phi) is 5.34. The van der Waals surface area contributed by atoms with Gasteiger partial charge in [-0.15, -0.1) is 0 Å². The number of likely N-dealkylation sites (tertiary alicyclic amines) is 1. The minimum Gasteiger partial charge on any atom is -0.368 e. The summed E-state index contributed by atoms with van der Waals surface area (Å²) in [5.41, 5.74) is -0.0189. The molecule has 7 heteroatoms. The predicted molar refractivity (Wildman–Crippen MR) is 99.4 cm³/mol. The number of hydrogen-bond donors (Lipinski definition) is 0. The summed E-state index contributed by atoms with van der Waals surface area (Å²) in [6, 6.07) is 7.49. The lowest BCUT2D eigenvalue weighted by Gasteiger charge is -2.33. The first-order valence-electron chi connectivity index (χ1n) is 9.66. The molecule has 0 radical (unpaired) electrons. The summed E-state index contributed by atoms with van der Waals surface area (Å²) in [4.78, 5) is 14.1. The molecule has 1 amide bonds. The van der Waals surface area contributed by atoms with Crippen LogP contribution < -0.4 is 0 Å². The zero-order valence-corrected chi connectivity index (χ0v) is 15.9. The van der Waals surface area contributed by atoms with Crippen molar-refractivity contribution in [2.45, 2.75) is 38.1 Å². The number of amides is 1. The standard InChI is InChI=1S/C22H21F4NO2/c1-12-17(24)11-27(22(28)19-8-9-29-19)18(12)10-13-4-2-5-14(20(13)25)15-6-3-7-16(23)21(15)26/h2-7,12,17-19H,8-11H2,1H3/t12-,17-,18-,19?/m0/s1. The highest BCUT2D eigenvalue weighted by atomic mass is 19.2. The van der Waals surface area contributed by atoms with Crippen molar-refractivity contribution in [2.24, 2.45) is 5.92 Å². The third-order valence-corrected chi connectivity index (χ3v) is 5.96. The van der Waals surface area contributed by atoms with Crippen LogP contribution in [0, 0.1) is 23.4 Å². The third kappa shape index (κ3) is 3.52. The molecule has 0 bridgehead atoms. The maximum atomic E-state index is 15.2. The topological polar surface area (TPSA) is 29.5 Å². The van der Waals surface area contributed by atoms with Gasteiger partial charge in [0.25, 0.3) is 5.91 Å². The van der Waals surface area contributed by atoms with Gasteiger partial charge in [-0.1, -0.05) is 37.3 Å². The van der Waals surface area contributed by atoms with Crippen LogP contribution in [0.5, 0.6) is 0 Å². The molecule has 154 valence electrons. The van der Waals surface area contributed by atoms with Gasteiger partial charge in [0, 0.05) is 29.5 Å². The monoisotopic (exact) mass is 407 g/mol. The van der Waals surface area contributed by atoms with Crippen molar-refractivity contribution in [3.05, 3.63) is 59.4 Å². The summed E-state index contributed by atoms with van der Waals surface area (Å²) in [5.74, 6) is -3.64. The van der Waals surface area contributed by atoms with Crippen molar-refractivity contribution in [1.29, 1.82) is 0 Å². The van der Waals surface area contributed by atoms with E-state index in [1.807, 2.05) is 0 Å². The molecule has 0 saturated carbocycles. The molecule has 2 aliphatic rings. The first-order chi connectivity index (χ1) is 13.9. The van der Waals surface area contributed by atoms with E-state index in [1.165, 1.54) is 29.2 Å². The van der Waals surface area contributed by atoms with E-state index in [4.69, 9.17) is 4.74 Å². The van der Waals surface area contributed by atoms with E-state index in [2.05, 4.69) is 0 Å². The Labute approximate surface area is 166 Å². The first kappa shape index (κ1) is 19.9. The van der Waals surface area contributed by atoms with Gasteiger partial charge in [0.05, 0.1) is 13.2 Å². The van der Waals surface area contributed by atoms with Gasteiger partial charge in [0.2, 0.25) is 0 Å². The molecule has 2 aromatic rings. The molecule has 0 aromatic heterocycles. The highest BCUT2D eigenvalue weighted by Gasteiger charge is 2.45. The molecule has 3 nitrogen and oxygen atoms in total. The van der Waals surface area contributed by atoms with Gasteiger partial charge in [0.15, 0.2) is 11.6 Å². The summed E-state index contributed by atoms with van der Waals surface area (Å²) < 4.78 is 62.6. The van der Waals surface area contributed by atoms with Gasteiger partial charge in [-0.05, 0) is 18.1 Å². The summed E-state index contributed by atoms with van der Waals surface area (Å²) >= 11 is 0. The molecule has 1 unspecified atom stereocenters. The van der Waals surface area contributed by atoms with Gasteiger partial charge in [0.1, 0.15) is 18.1 Å². The quantitative estimate of drug-likeness (QED) is 0.708. The fourth-order valence-corrected chi connectivity index (χ4v) is 4.06. The molecule has 2 saturated heterocycles. The van der Waals surface area contributed by atoms with Crippen molar-refractivity contribution in [2.75, 3.05) is 13.2 Å². The number of carbonyl (C=O) groups excluding carboxylic acids is 1. The van der Waals surface area contributed by atoms with Crippen LogP contribution >= 0.6 is 0 Å². The number of nitrogens with zero attached hydrogens (tertiary/aromatic N) is 1. The number of halogens is 4. The lowest BCUT2D eigenvalue weighted by atomic mass is 9.92. The van der Waals surface area contributed by atoms with Crippen LogP contribution in [-0.4, -0.2) is 42.3 Å². The van der Waals surface area contributed by atoms with Crippen LogP contribution in [0.15, 0.2) is 36.4 Å². The molecule has 2 aromatic carbocycles. The zero-order chi connectivity index (χ0) is 20.7. The Morgan fingerprint density at radius 1 is 1.10 bits per heavy atom. The van der Waals surface area contributed by atoms with Crippen molar-refractivity contribution in [3.8, 4) is 11.1 Å². The molecule has 29 heavy (non-hydrogen) atoms. The van der Waals surface area contributed by atoms with E-state index in [9.17, 15) is 18.0 Å². The molecule has 4 atom stereocenters. The van der Waals surface area contributed by atoms with Crippen LogP contribution in [0.1, 0.15) is 18.9 Å². The Morgan fingerprint density at radius 2 is 1.76 bits per heavy atom. The summed E-state index contributed by atoms with van der Waals surface area (Å²) in [7, 11) is 0. The third-order valence-electron chi connectivity index (χ3n) is 5.96. The predicted octanol–water partition coefficient (Wildman–Crippen LogP) is 4.29. The van der Waals surface area contributed by atoms with Crippen molar-refractivity contribution in [1.82, 2.24) is 4.90 Å². The molecule has 2 aliphatic heterocycles. The maximum Gasteiger partial charge on any atom is 0.252 e. The van der Waals surface area contributed by atoms with E-state index in [0.717, 1.165) is 6.07 Å². The second kappa shape index (κ2) is 7.78. The molecule has 0 aliphatic carbocycles. The number of alkyl halides is 1. The van der Waals surface area contributed by atoms with Gasteiger partial charge in [-0.2, -0.15) is 0 Å². The summed E-state index contributed by atoms with van der Waals surface area (Å²) in [5, 5.41) is 0. The van der Waals surface area contributed by atoms with Crippen LogP contribution in [-0.2, 0) is 16.0 Å². The maximum absolute atomic E-state index is 15.2. The SMILES string of the molecule is C[C@H]1[C@@H](F)CN(C(=O)C2CCO2)[C@H]1Cc1cccc(-c2cccc(F)c2F)c1F. The van der Waals surface area contributed by atoms with Crippen LogP contribution in [0.25, 0.3) is 11.1 Å². The minimum atomic E-state index is -1.21. The van der Waals surface area contributed by atoms with Crippen LogP contribution in [0.4, 0.5) is 17.6 Å². The lowest BCUT2D eigenvalue weighted by Crippen LogP contribution is -2.49. The van der Waals surface area contributed by atoms with E-state index in [0.29, 0.717) is 13.0 Å². The largest absolute Gasteiger partial charge is 0.368 e. The fourth-order valence-electron chi connectivity index (χ4n) is 4.06. The average molecular weight is 407 g/mol. The normalized spacial score (nSPS) is 26.4. The van der Waals surface area contributed by atoms with Crippen LogP contribution in [0.2, 0.25) is 0 Å². The van der Waals surface area contributed by atoms with Crippen LogP contribution in [0.3, 0.4) is 0 Å². The second-order valence-electron chi connectivity index (χ2n) is 7.67. The van der Waals surface area contributed by atoms with Crippen molar-refractivity contribution >= 4 is 5.91 Å². The number of rotatable bonds is 4. The first-order valence-corrected chi connectivity index (χ1v) is 9.66. The molecule has 2 heterocycles. The Morgan fingerprint density at radius 3 is 2.41 bits per heavy atom. The highest BCUT2D eigenvalue weighted by molar-refractivity contribution is 5.82.